The molecule has 1 aromatic carbocycles. The van der Waals surface area contributed by atoms with Gasteiger partial charge in [-0.1, -0.05) is 50.2 Å². The number of aromatic nitrogens is 3. The number of benzene rings is 1. The molecule has 3 amide bonds. The number of carbonyl (C=O) groups is 3. The number of nitrogens with zero attached hydrogens (tertiary/aromatic N) is 5. The van der Waals surface area contributed by atoms with Crippen LogP contribution in [0.15, 0.2) is 45.7 Å². The van der Waals surface area contributed by atoms with Crippen LogP contribution in [0, 0.1) is 5.41 Å². The van der Waals surface area contributed by atoms with Crippen molar-refractivity contribution in [2.45, 2.75) is 80.1 Å². The Kier molecular flexibility index (Phi) is 9.90. The average Bonchev–Trinajstić information content (AvgIpc) is 3.32. The molecule has 2 heterocycles. The molecule has 13 heteroatoms. The number of carboxylic acid groups (broad SMARTS) is 1. The number of rotatable bonds is 6. The van der Waals surface area contributed by atoms with Gasteiger partial charge >= 0.3 is 18.3 Å². The fourth-order valence-electron chi connectivity index (χ4n) is 3.84. The molecule has 0 radical (unpaired) electrons. The molecule has 0 aliphatic carbocycles. The summed E-state index contributed by atoms with van der Waals surface area (Å²) in [6.45, 7) is 16.6. The van der Waals surface area contributed by atoms with Gasteiger partial charge in [0.05, 0.1) is 6.20 Å². The number of imide groups is 1. The quantitative estimate of drug-likeness (QED) is 0.278. The Bertz CT molecular complexity index is 1440. The summed E-state index contributed by atoms with van der Waals surface area (Å²) in [6.07, 6.45) is -1.66. The molecule has 3 aromatic rings. The third-order valence-electron chi connectivity index (χ3n) is 5.39. The lowest BCUT2D eigenvalue weighted by atomic mass is 9.96. The summed E-state index contributed by atoms with van der Waals surface area (Å²) >= 11 is 3.29. The number of amides is 3. The van der Waals surface area contributed by atoms with Gasteiger partial charge in [0.2, 0.25) is 0 Å². The first-order chi connectivity index (χ1) is 19.7. The Labute approximate surface area is 259 Å². The predicted octanol–water partition coefficient (Wildman–Crippen LogP) is 7.76. The standard InChI is InChI=1S/C30H38BrN5O7/c1-28(2,3)17-35(25(37)38)16-18-10-12-19(13-11-18)20-14-21(43-34-20)23-24(32-15-22(31)33-23)36(26(39)41-29(4,5)6)27(40)42-30(7,8)9/h10-15H,16-17H2,1-9H3,(H,37,38). The average molecular weight is 661 g/mol. The first-order valence-corrected chi connectivity index (χ1v) is 14.3. The molecule has 0 unspecified atom stereocenters. The highest BCUT2D eigenvalue weighted by Crippen LogP contribution is 2.33. The van der Waals surface area contributed by atoms with E-state index in [0.717, 1.165) is 5.56 Å². The van der Waals surface area contributed by atoms with Crippen molar-refractivity contribution in [3.8, 4) is 22.7 Å². The van der Waals surface area contributed by atoms with Gasteiger partial charge in [0, 0.05) is 24.7 Å². The van der Waals surface area contributed by atoms with Crippen molar-refractivity contribution >= 4 is 40.0 Å². The molecule has 0 saturated carbocycles. The summed E-state index contributed by atoms with van der Waals surface area (Å²) in [5.74, 6) is -0.0421. The minimum atomic E-state index is -1.00. The molecule has 232 valence electrons. The van der Waals surface area contributed by atoms with Gasteiger partial charge in [-0.15, -0.1) is 0 Å². The maximum Gasteiger partial charge on any atom is 0.425 e. The molecule has 1 N–H and O–H groups in total. The topological polar surface area (TPSA) is 148 Å². The third kappa shape index (κ3) is 9.77. The van der Waals surface area contributed by atoms with Crippen molar-refractivity contribution in [2.24, 2.45) is 5.41 Å². The lowest BCUT2D eigenvalue weighted by molar-refractivity contribution is 0.0429. The third-order valence-corrected chi connectivity index (χ3v) is 5.77. The lowest BCUT2D eigenvalue weighted by Crippen LogP contribution is -2.44. The summed E-state index contributed by atoms with van der Waals surface area (Å²) in [4.78, 5) is 49.0. The second-order valence-corrected chi connectivity index (χ2v) is 13.9. The van der Waals surface area contributed by atoms with Crippen molar-refractivity contribution in [1.82, 2.24) is 20.0 Å². The van der Waals surface area contributed by atoms with Gasteiger partial charge < -0.3 is 24.0 Å². The summed E-state index contributed by atoms with van der Waals surface area (Å²) < 4.78 is 16.9. The summed E-state index contributed by atoms with van der Waals surface area (Å²) in [6, 6.07) is 8.84. The van der Waals surface area contributed by atoms with E-state index >= 15 is 0 Å². The van der Waals surface area contributed by atoms with E-state index in [1.54, 1.807) is 59.7 Å². The van der Waals surface area contributed by atoms with Crippen molar-refractivity contribution in [2.75, 3.05) is 11.4 Å². The first-order valence-electron chi connectivity index (χ1n) is 13.6. The van der Waals surface area contributed by atoms with E-state index in [4.69, 9.17) is 14.0 Å². The number of carbonyl (C=O) groups excluding carboxylic acids is 2. The van der Waals surface area contributed by atoms with E-state index in [1.807, 2.05) is 32.9 Å². The number of hydrogen-bond acceptors (Lipinski definition) is 9. The molecule has 12 nitrogen and oxygen atoms in total. The SMILES string of the molecule is CC(C)(C)CN(Cc1ccc(-c2cc(-c3nc(Br)cnc3N(C(=O)OC(C)(C)C)C(=O)OC(C)(C)C)on2)cc1)C(=O)O. The molecule has 2 aromatic heterocycles. The molecule has 0 bridgehead atoms. The van der Waals surface area contributed by atoms with E-state index in [2.05, 4.69) is 31.1 Å². The van der Waals surface area contributed by atoms with Crippen LogP contribution in [0.4, 0.5) is 20.2 Å². The van der Waals surface area contributed by atoms with Crippen LogP contribution >= 0.6 is 15.9 Å². The highest BCUT2D eigenvalue weighted by atomic mass is 79.9. The second-order valence-electron chi connectivity index (χ2n) is 13.1. The van der Waals surface area contributed by atoms with E-state index < -0.39 is 29.5 Å². The Morgan fingerprint density at radius 3 is 1.98 bits per heavy atom. The van der Waals surface area contributed by atoms with Gasteiger partial charge in [-0.25, -0.2) is 24.4 Å². The summed E-state index contributed by atoms with van der Waals surface area (Å²) in [5.41, 5.74) is -0.0329. The maximum absolute atomic E-state index is 13.2. The zero-order valence-corrected chi connectivity index (χ0v) is 27.5. The first kappa shape index (κ1) is 33.5. The largest absolute Gasteiger partial charge is 0.465 e. The van der Waals surface area contributed by atoms with Crippen LogP contribution in [0.3, 0.4) is 0 Å². The van der Waals surface area contributed by atoms with E-state index in [9.17, 15) is 19.5 Å². The Morgan fingerprint density at radius 1 is 0.930 bits per heavy atom. The minimum absolute atomic E-state index is 0.0424. The van der Waals surface area contributed by atoms with E-state index in [1.165, 1.54) is 11.1 Å². The zero-order chi connectivity index (χ0) is 32.3. The monoisotopic (exact) mass is 659 g/mol. The van der Waals surface area contributed by atoms with Gasteiger partial charge in [0.15, 0.2) is 17.3 Å². The van der Waals surface area contributed by atoms with E-state index in [-0.39, 0.29) is 29.2 Å². The van der Waals surface area contributed by atoms with Gasteiger partial charge in [-0.05, 0) is 68.5 Å². The predicted molar refractivity (Wildman–Crippen MR) is 164 cm³/mol. The molecule has 3 rings (SSSR count). The van der Waals surface area contributed by atoms with Crippen molar-refractivity contribution in [3.63, 3.8) is 0 Å². The van der Waals surface area contributed by atoms with Crippen molar-refractivity contribution < 1.29 is 33.5 Å². The molecule has 43 heavy (non-hydrogen) atoms. The fourth-order valence-corrected chi connectivity index (χ4v) is 4.12. The van der Waals surface area contributed by atoms with Gasteiger partial charge in [0.25, 0.3) is 0 Å². The summed E-state index contributed by atoms with van der Waals surface area (Å²) in [7, 11) is 0. The highest BCUT2D eigenvalue weighted by molar-refractivity contribution is 9.10. The summed E-state index contributed by atoms with van der Waals surface area (Å²) in [5, 5.41) is 13.8. The second kappa shape index (κ2) is 12.7. The molecular weight excluding hydrogens is 622 g/mol. The molecule has 0 aliphatic rings. The smallest absolute Gasteiger partial charge is 0.425 e. The number of halogens is 1. The lowest BCUT2D eigenvalue weighted by Gasteiger charge is -2.28. The zero-order valence-electron chi connectivity index (χ0n) is 25.9. The molecule has 0 spiro atoms. The van der Waals surface area contributed by atoms with Crippen LogP contribution in [-0.4, -0.2) is 61.2 Å². The van der Waals surface area contributed by atoms with Gasteiger partial charge in [-0.3, -0.25) is 0 Å². The molecule has 0 atom stereocenters. The number of ether oxygens (including phenoxy) is 2. The molecular formula is C30H38BrN5O7. The van der Waals surface area contributed by atoms with Gasteiger partial charge in [0.1, 0.15) is 21.5 Å². The van der Waals surface area contributed by atoms with Crippen LogP contribution in [0.25, 0.3) is 22.7 Å². The van der Waals surface area contributed by atoms with Crippen LogP contribution in [0.2, 0.25) is 0 Å². The van der Waals surface area contributed by atoms with Crippen molar-refractivity contribution in [1.29, 1.82) is 0 Å². The van der Waals surface area contributed by atoms with Crippen LogP contribution < -0.4 is 4.90 Å². The normalized spacial score (nSPS) is 12.0. The molecule has 0 aliphatic heterocycles. The number of hydrogen-bond donors (Lipinski definition) is 1. The fraction of sp³-hybridized carbons (Fsp3) is 0.467. The van der Waals surface area contributed by atoms with E-state index in [0.29, 0.717) is 27.3 Å². The Hall–Kier alpha value is -4.00. The number of anilines is 1. The van der Waals surface area contributed by atoms with Crippen LogP contribution in [0.1, 0.15) is 67.9 Å². The molecule has 0 saturated heterocycles. The highest BCUT2D eigenvalue weighted by Gasteiger charge is 2.36. The Balaban J connectivity index is 1.97. The minimum Gasteiger partial charge on any atom is -0.465 e. The van der Waals surface area contributed by atoms with Gasteiger partial charge in [-0.2, -0.15) is 4.90 Å². The maximum atomic E-state index is 13.2. The Morgan fingerprint density at radius 2 is 1.49 bits per heavy atom. The van der Waals surface area contributed by atoms with Crippen LogP contribution in [0.5, 0.6) is 0 Å². The van der Waals surface area contributed by atoms with Crippen molar-refractivity contribution in [3.05, 3.63) is 46.7 Å². The van der Waals surface area contributed by atoms with Crippen LogP contribution in [-0.2, 0) is 16.0 Å². The molecule has 0 fully saturated rings.